The van der Waals surface area contributed by atoms with Gasteiger partial charge in [0.15, 0.2) is 0 Å². The van der Waals surface area contributed by atoms with Gasteiger partial charge < -0.3 is 10.5 Å². The van der Waals surface area contributed by atoms with E-state index >= 15 is 0 Å². The van der Waals surface area contributed by atoms with Crippen molar-refractivity contribution in [3.05, 3.63) is 29.8 Å². The monoisotopic (exact) mass is 249 g/mol. The van der Waals surface area contributed by atoms with Crippen molar-refractivity contribution in [3.63, 3.8) is 0 Å². The summed E-state index contributed by atoms with van der Waals surface area (Å²) in [5.74, 6) is 0.943. The van der Waals surface area contributed by atoms with E-state index in [0.717, 1.165) is 25.2 Å². The SMILES string of the molecule is CCCCCCC(N)c1ccc(OCCC)cc1. The fraction of sp³-hybridized carbons (Fsp3) is 0.625. The second-order valence-electron chi connectivity index (χ2n) is 4.87. The zero-order chi connectivity index (χ0) is 13.2. The van der Waals surface area contributed by atoms with E-state index in [0.29, 0.717) is 0 Å². The summed E-state index contributed by atoms with van der Waals surface area (Å²) in [7, 11) is 0. The molecule has 1 unspecified atom stereocenters. The fourth-order valence-electron chi connectivity index (χ4n) is 1.99. The third kappa shape index (κ3) is 5.54. The number of ether oxygens (including phenoxy) is 1. The summed E-state index contributed by atoms with van der Waals surface area (Å²) in [5, 5.41) is 0. The van der Waals surface area contributed by atoms with Crippen LogP contribution in [0.3, 0.4) is 0 Å². The van der Waals surface area contributed by atoms with Crippen LogP contribution < -0.4 is 10.5 Å². The van der Waals surface area contributed by atoms with Crippen molar-refractivity contribution < 1.29 is 4.74 Å². The Morgan fingerprint density at radius 2 is 1.72 bits per heavy atom. The molecule has 1 rings (SSSR count). The van der Waals surface area contributed by atoms with Gasteiger partial charge in [-0.1, -0.05) is 51.7 Å². The van der Waals surface area contributed by atoms with Gasteiger partial charge in [-0.25, -0.2) is 0 Å². The minimum Gasteiger partial charge on any atom is -0.494 e. The third-order valence-corrected chi connectivity index (χ3v) is 3.15. The summed E-state index contributed by atoms with van der Waals surface area (Å²) < 4.78 is 5.56. The lowest BCUT2D eigenvalue weighted by molar-refractivity contribution is 0.317. The van der Waals surface area contributed by atoms with Crippen molar-refractivity contribution in [1.82, 2.24) is 0 Å². The average Bonchev–Trinajstić information content (AvgIpc) is 2.41. The smallest absolute Gasteiger partial charge is 0.119 e. The summed E-state index contributed by atoms with van der Waals surface area (Å²) in [6.07, 6.45) is 7.23. The normalized spacial score (nSPS) is 12.4. The molecule has 2 heteroatoms. The molecular formula is C16H27NO. The Balaban J connectivity index is 2.36. The minimum absolute atomic E-state index is 0.169. The van der Waals surface area contributed by atoms with Crippen LogP contribution in [-0.4, -0.2) is 6.61 Å². The molecule has 0 fully saturated rings. The first-order valence-electron chi connectivity index (χ1n) is 7.26. The number of rotatable bonds is 9. The Bertz CT molecular complexity index is 307. The summed E-state index contributed by atoms with van der Waals surface area (Å²) >= 11 is 0. The maximum Gasteiger partial charge on any atom is 0.119 e. The van der Waals surface area contributed by atoms with Gasteiger partial charge in [-0.2, -0.15) is 0 Å². The molecule has 102 valence electrons. The maximum atomic E-state index is 6.19. The number of nitrogens with two attached hydrogens (primary N) is 1. The van der Waals surface area contributed by atoms with Crippen LogP contribution in [0.5, 0.6) is 5.75 Å². The molecule has 0 aliphatic rings. The Labute approximate surface area is 112 Å². The molecule has 0 radical (unpaired) electrons. The third-order valence-electron chi connectivity index (χ3n) is 3.15. The van der Waals surface area contributed by atoms with Gasteiger partial charge in [-0.05, 0) is 30.5 Å². The minimum atomic E-state index is 0.169. The lowest BCUT2D eigenvalue weighted by atomic mass is 10.0. The average molecular weight is 249 g/mol. The van der Waals surface area contributed by atoms with Crippen molar-refractivity contribution in [2.45, 2.75) is 58.4 Å². The first-order chi connectivity index (χ1) is 8.77. The highest BCUT2D eigenvalue weighted by molar-refractivity contribution is 5.28. The molecule has 18 heavy (non-hydrogen) atoms. The lowest BCUT2D eigenvalue weighted by Crippen LogP contribution is -2.10. The van der Waals surface area contributed by atoms with Gasteiger partial charge >= 0.3 is 0 Å². The Kier molecular flexibility index (Phi) is 7.51. The largest absolute Gasteiger partial charge is 0.494 e. The van der Waals surface area contributed by atoms with Crippen LogP contribution in [0.1, 0.15) is 64.0 Å². The van der Waals surface area contributed by atoms with Gasteiger partial charge in [0.05, 0.1) is 6.61 Å². The van der Waals surface area contributed by atoms with Gasteiger partial charge in [0.25, 0.3) is 0 Å². The van der Waals surface area contributed by atoms with E-state index in [1.54, 1.807) is 0 Å². The first kappa shape index (κ1) is 15.0. The van der Waals surface area contributed by atoms with Gasteiger partial charge in [0.2, 0.25) is 0 Å². The van der Waals surface area contributed by atoms with Crippen molar-refractivity contribution in [1.29, 1.82) is 0 Å². The van der Waals surface area contributed by atoms with Gasteiger partial charge in [0.1, 0.15) is 5.75 Å². The van der Waals surface area contributed by atoms with E-state index in [-0.39, 0.29) is 6.04 Å². The Morgan fingerprint density at radius 3 is 2.33 bits per heavy atom. The molecule has 0 heterocycles. The molecule has 0 aromatic heterocycles. The van der Waals surface area contributed by atoms with E-state index < -0.39 is 0 Å². The van der Waals surface area contributed by atoms with Crippen LogP contribution in [0.4, 0.5) is 0 Å². The lowest BCUT2D eigenvalue weighted by Gasteiger charge is -2.12. The molecule has 0 saturated heterocycles. The molecule has 1 aromatic rings. The summed E-state index contributed by atoms with van der Waals surface area (Å²) in [4.78, 5) is 0. The molecule has 0 saturated carbocycles. The predicted octanol–water partition coefficient (Wildman–Crippen LogP) is 4.45. The number of unbranched alkanes of at least 4 members (excludes halogenated alkanes) is 3. The Morgan fingerprint density at radius 1 is 1.00 bits per heavy atom. The molecule has 2 nitrogen and oxygen atoms in total. The van der Waals surface area contributed by atoms with Crippen LogP contribution in [-0.2, 0) is 0 Å². The second-order valence-corrected chi connectivity index (χ2v) is 4.87. The number of hydrogen-bond donors (Lipinski definition) is 1. The second kappa shape index (κ2) is 8.98. The summed E-state index contributed by atoms with van der Waals surface area (Å²) in [5.41, 5.74) is 7.40. The van der Waals surface area contributed by atoms with Crippen molar-refractivity contribution in [2.75, 3.05) is 6.61 Å². The zero-order valence-corrected chi connectivity index (χ0v) is 11.8. The highest BCUT2D eigenvalue weighted by Crippen LogP contribution is 2.20. The Hall–Kier alpha value is -1.02. The first-order valence-corrected chi connectivity index (χ1v) is 7.26. The van der Waals surface area contributed by atoms with Gasteiger partial charge in [-0.3, -0.25) is 0 Å². The highest BCUT2D eigenvalue weighted by atomic mass is 16.5. The molecule has 0 bridgehead atoms. The molecule has 1 atom stereocenters. The standard InChI is InChI=1S/C16H27NO/c1-3-5-6-7-8-16(17)14-9-11-15(12-10-14)18-13-4-2/h9-12,16H,3-8,13,17H2,1-2H3. The molecule has 1 aromatic carbocycles. The van der Waals surface area contributed by atoms with Gasteiger partial charge in [0, 0.05) is 6.04 Å². The summed E-state index contributed by atoms with van der Waals surface area (Å²) in [6.45, 7) is 5.12. The fourth-order valence-corrected chi connectivity index (χ4v) is 1.99. The van der Waals surface area contributed by atoms with E-state index in [2.05, 4.69) is 26.0 Å². The molecular weight excluding hydrogens is 222 g/mol. The van der Waals surface area contributed by atoms with E-state index in [4.69, 9.17) is 10.5 Å². The zero-order valence-electron chi connectivity index (χ0n) is 11.8. The molecule has 2 N–H and O–H groups in total. The van der Waals surface area contributed by atoms with Crippen LogP contribution >= 0.6 is 0 Å². The van der Waals surface area contributed by atoms with Crippen molar-refractivity contribution in [2.24, 2.45) is 5.73 Å². The van der Waals surface area contributed by atoms with Crippen LogP contribution in [0, 0.1) is 0 Å². The topological polar surface area (TPSA) is 35.2 Å². The predicted molar refractivity (Wildman–Crippen MR) is 77.9 cm³/mol. The van der Waals surface area contributed by atoms with Crippen LogP contribution in [0.2, 0.25) is 0 Å². The number of benzene rings is 1. The van der Waals surface area contributed by atoms with Gasteiger partial charge in [-0.15, -0.1) is 0 Å². The van der Waals surface area contributed by atoms with Crippen LogP contribution in [0.15, 0.2) is 24.3 Å². The highest BCUT2D eigenvalue weighted by Gasteiger charge is 2.05. The van der Waals surface area contributed by atoms with E-state index in [1.807, 2.05) is 12.1 Å². The van der Waals surface area contributed by atoms with Crippen LogP contribution in [0.25, 0.3) is 0 Å². The molecule has 0 aliphatic heterocycles. The molecule has 0 spiro atoms. The molecule has 0 amide bonds. The van der Waals surface area contributed by atoms with Crippen molar-refractivity contribution in [3.8, 4) is 5.75 Å². The van der Waals surface area contributed by atoms with E-state index in [9.17, 15) is 0 Å². The summed E-state index contributed by atoms with van der Waals surface area (Å²) in [6, 6.07) is 8.40. The van der Waals surface area contributed by atoms with Crippen molar-refractivity contribution >= 4 is 0 Å². The number of hydrogen-bond acceptors (Lipinski definition) is 2. The maximum absolute atomic E-state index is 6.19. The quantitative estimate of drug-likeness (QED) is 0.656. The molecule has 0 aliphatic carbocycles. The van der Waals surface area contributed by atoms with E-state index in [1.165, 1.54) is 31.2 Å².